The van der Waals surface area contributed by atoms with Crippen LogP contribution in [0.15, 0.2) is 18.2 Å². The Morgan fingerprint density at radius 2 is 2.12 bits per heavy atom. The lowest BCUT2D eigenvalue weighted by molar-refractivity contribution is -0.116. The maximum atomic E-state index is 12.8. The molecule has 5 heteroatoms. The molecule has 0 fully saturated rings. The van der Waals surface area contributed by atoms with Gasteiger partial charge in [0.25, 0.3) is 0 Å². The zero-order valence-corrected chi connectivity index (χ0v) is 10.1. The minimum absolute atomic E-state index is 0.00134. The molecule has 0 aromatic heterocycles. The van der Waals surface area contributed by atoms with Crippen LogP contribution in [0.5, 0.6) is 0 Å². The van der Waals surface area contributed by atoms with Gasteiger partial charge in [-0.1, -0.05) is 11.6 Å². The van der Waals surface area contributed by atoms with Gasteiger partial charge in [0, 0.05) is 18.0 Å². The van der Waals surface area contributed by atoms with Gasteiger partial charge in [0.2, 0.25) is 5.91 Å². The summed E-state index contributed by atoms with van der Waals surface area (Å²) in [7, 11) is 0. The number of carbonyl (C=O) groups excluding carboxylic acids is 1. The molecular weight excluding hydrogens is 252 g/mol. The number of alkyl halides is 1. The minimum Gasteiger partial charge on any atom is -0.326 e. The zero-order chi connectivity index (χ0) is 12.0. The largest absolute Gasteiger partial charge is 0.326 e. The SMILES string of the molecule is O=C(CCCCCl)Nc1ccc(F)c(Cl)c1. The number of hydrogen-bond acceptors (Lipinski definition) is 1. The van der Waals surface area contributed by atoms with E-state index in [0.717, 1.165) is 12.8 Å². The molecule has 0 bridgehead atoms. The van der Waals surface area contributed by atoms with Gasteiger partial charge in [-0.05, 0) is 31.0 Å². The van der Waals surface area contributed by atoms with Crippen molar-refractivity contribution in [2.24, 2.45) is 0 Å². The summed E-state index contributed by atoms with van der Waals surface area (Å²) >= 11 is 11.1. The summed E-state index contributed by atoms with van der Waals surface area (Å²) in [5.74, 6) is -0.0649. The highest BCUT2D eigenvalue weighted by atomic mass is 35.5. The third-order valence-electron chi connectivity index (χ3n) is 1.99. The minimum atomic E-state index is -0.498. The molecule has 0 unspecified atom stereocenters. The van der Waals surface area contributed by atoms with Crippen molar-refractivity contribution in [2.75, 3.05) is 11.2 Å². The second kappa shape index (κ2) is 6.71. The van der Waals surface area contributed by atoms with E-state index in [1.165, 1.54) is 18.2 Å². The Morgan fingerprint density at radius 3 is 2.75 bits per heavy atom. The summed E-state index contributed by atoms with van der Waals surface area (Å²) in [4.78, 5) is 11.4. The van der Waals surface area contributed by atoms with Crippen LogP contribution >= 0.6 is 23.2 Å². The molecule has 0 aliphatic heterocycles. The van der Waals surface area contributed by atoms with Crippen LogP contribution in [0, 0.1) is 5.82 Å². The molecule has 0 atom stereocenters. The van der Waals surface area contributed by atoms with E-state index in [1.807, 2.05) is 0 Å². The number of nitrogens with one attached hydrogen (secondary N) is 1. The van der Waals surface area contributed by atoms with E-state index in [1.54, 1.807) is 0 Å². The normalized spacial score (nSPS) is 10.2. The predicted molar refractivity (Wildman–Crippen MR) is 64.6 cm³/mol. The maximum absolute atomic E-state index is 12.8. The molecule has 0 heterocycles. The first kappa shape index (κ1) is 13.3. The average molecular weight is 264 g/mol. The molecule has 88 valence electrons. The Bertz CT molecular complexity index is 371. The molecular formula is C11H12Cl2FNO. The number of halogens is 3. The molecule has 1 amide bonds. The molecule has 2 nitrogen and oxygen atoms in total. The number of benzene rings is 1. The lowest BCUT2D eigenvalue weighted by atomic mass is 10.2. The molecule has 0 aliphatic rings. The molecule has 0 saturated heterocycles. The van der Waals surface area contributed by atoms with Gasteiger partial charge in [-0.3, -0.25) is 4.79 Å². The highest BCUT2D eigenvalue weighted by Gasteiger charge is 2.04. The third-order valence-corrected chi connectivity index (χ3v) is 2.55. The van der Waals surface area contributed by atoms with Crippen molar-refractivity contribution in [3.05, 3.63) is 29.0 Å². The first-order valence-electron chi connectivity index (χ1n) is 4.94. The molecule has 1 rings (SSSR count). The topological polar surface area (TPSA) is 29.1 Å². The maximum Gasteiger partial charge on any atom is 0.224 e. The van der Waals surface area contributed by atoms with Crippen LogP contribution in [0.2, 0.25) is 5.02 Å². The van der Waals surface area contributed by atoms with Crippen molar-refractivity contribution in [2.45, 2.75) is 19.3 Å². The number of amides is 1. The molecule has 1 aromatic rings. The summed E-state index contributed by atoms with van der Waals surface area (Å²) in [6.07, 6.45) is 1.95. The Kier molecular flexibility index (Phi) is 5.56. The van der Waals surface area contributed by atoms with Gasteiger partial charge >= 0.3 is 0 Å². The van der Waals surface area contributed by atoms with Crippen LogP contribution in [0.1, 0.15) is 19.3 Å². The fraction of sp³-hybridized carbons (Fsp3) is 0.364. The predicted octanol–water partition coefficient (Wildman–Crippen LogP) is 3.83. The van der Waals surface area contributed by atoms with E-state index < -0.39 is 5.82 Å². The molecule has 0 radical (unpaired) electrons. The van der Waals surface area contributed by atoms with Gasteiger partial charge in [0.15, 0.2) is 0 Å². The van der Waals surface area contributed by atoms with Crippen molar-refractivity contribution in [3.8, 4) is 0 Å². The number of rotatable bonds is 5. The van der Waals surface area contributed by atoms with E-state index in [-0.39, 0.29) is 10.9 Å². The molecule has 0 spiro atoms. The monoisotopic (exact) mass is 263 g/mol. The Labute approximate surface area is 104 Å². The van der Waals surface area contributed by atoms with E-state index in [4.69, 9.17) is 23.2 Å². The van der Waals surface area contributed by atoms with E-state index in [0.29, 0.717) is 18.0 Å². The number of carbonyl (C=O) groups is 1. The summed E-state index contributed by atoms with van der Waals surface area (Å²) in [5, 5.41) is 2.63. The second-order valence-electron chi connectivity index (χ2n) is 3.32. The number of anilines is 1. The van der Waals surface area contributed by atoms with E-state index in [2.05, 4.69) is 5.32 Å². The van der Waals surface area contributed by atoms with Crippen molar-refractivity contribution >= 4 is 34.8 Å². The third kappa shape index (κ3) is 4.37. The van der Waals surface area contributed by atoms with Gasteiger partial charge in [-0.25, -0.2) is 4.39 Å². The lowest BCUT2D eigenvalue weighted by Crippen LogP contribution is -2.11. The highest BCUT2D eigenvalue weighted by molar-refractivity contribution is 6.31. The quantitative estimate of drug-likeness (QED) is 0.635. The van der Waals surface area contributed by atoms with Crippen LogP contribution in [0.3, 0.4) is 0 Å². The van der Waals surface area contributed by atoms with Crippen LogP contribution in [-0.2, 0) is 4.79 Å². The Hall–Kier alpha value is -0.800. The first-order valence-corrected chi connectivity index (χ1v) is 5.85. The summed E-state index contributed by atoms with van der Waals surface area (Å²) < 4.78 is 12.8. The number of unbranched alkanes of at least 4 members (excludes halogenated alkanes) is 1. The van der Waals surface area contributed by atoms with E-state index in [9.17, 15) is 9.18 Å². The van der Waals surface area contributed by atoms with Crippen molar-refractivity contribution in [1.29, 1.82) is 0 Å². The van der Waals surface area contributed by atoms with Gasteiger partial charge < -0.3 is 5.32 Å². The fourth-order valence-corrected chi connectivity index (χ4v) is 1.55. The fourth-order valence-electron chi connectivity index (χ4n) is 1.18. The standard InChI is InChI=1S/C11H12Cl2FNO/c12-6-2-1-3-11(16)15-8-4-5-10(14)9(13)7-8/h4-5,7H,1-3,6H2,(H,15,16). The molecule has 0 saturated carbocycles. The van der Waals surface area contributed by atoms with Crippen LogP contribution in [-0.4, -0.2) is 11.8 Å². The smallest absolute Gasteiger partial charge is 0.224 e. The molecule has 1 N–H and O–H groups in total. The van der Waals surface area contributed by atoms with Gasteiger partial charge in [-0.2, -0.15) is 0 Å². The molecule has 16 heavy (non-hydrogen) atoms. The summed E-state index contributed by atoms with van der Waals surface area (Å²) in [6, 6.07) is 4.08. The molecule has 0 aliphatic carbocycles. The lowest BCUT2D eigenvalue weighted by Gasteiger charge is -2.05. The van der Waals surface area contributed by atoms with Gasteiger partial charge in [0.1, 0.15) is 5.82 Å². The van der Waals surface area contributed by atoms with Crippen molar-refractivity contribution < 1.29 is 9.18 Å². The summed E-state index contributed by atoms with van der Waals surface area (Å²) in [5.41, 5.74) is 0.502. The summed E-state index contributed by atoms with van der Waals surface area (Å²) in [6.45, 7) is 0. The van der Waals surface area contributed by atoms with Gasteiger partial charge in [0.05, 0.1) is 5.02 Å². The van der Waals surface area contributed by atoms with Crippen LogP contribution < -0.4 is 5.32 Å². The van der Waals surface area contributed by atoms with Crippen LogP contribution in [0.4, 0.5) is 10.1 Å². The van der Waals surface area contributed by atoms with Crippen molar-refractivity contribution in [1.82, 2.24) is 0 Å². The average Bonchev–Trinajstić information content (AvgIpc) is 2.24. The first-order chi connectivity index (χ1) is 7.63. The van der Waals surface area contributed by atoms with E-state index >= 15 is 0 Å². The number of hydrogen-bond donors (Lipinski definition) is 1. The zero-order valence-electron chi connectivity index (χ0n) is 8.60. The Morgan fingerprint density at radius 1 is 1.38 bits per heavy atom. The van der Waals surface area contributed by atoms with Gasteiger partial charge in [-0.15, -0.1) is 11.6 Å². The second-order valence-corrected chi connectivity index (χ2v) is 4.11. The molecule has 1 aromatic carbocycles. The Balaban J connectivity index is 2.46. The van der Waals surface area contributed by atoms with Crippen molar-refractivity contribution in [3.63, 3.8) is 0 Å². The highest BCUT2D eigenvalue weighted by Crippen LogP contribution is 2.19. The van der Waals surface area contributed by atoms with Crippen LogP contribution in [0.25, 0.3) is 0 Å².